The van der Waals surface area contributed by atoms with Gasteiger partial charge in [-0.15, -0.1) is 0 Å². The Bertz CT molecular complexity index is 196. The molecule has 1 rings (SSSR count). The van der Waals surface area contributed by atoms with Crippen molar-refractivity contribution in [1.82, 2.24) is 0 Å². The molecule has 0 N–H and O–H groups in total. The molecule has 0 aliphatic rings. The maximum Gasteiger partial charge on any atom is 0.0464 e. The Morgan fingerprint density at radius 2 is 1.36 bits per heavy atom. The Morgan fingerprint density at radius 1 is 1.00 bits per heavy atom. The molecule has 0 saturated heterocycles. The van der Waals surface area contributed by atoms with E-state index in [4.69, 9.17) is 11.6 Å². The molecule has 0 nitrogen and oxygen atoms in total. The summed E-state index contributed by atoms with van der Waals surface area (Å²) in [5.74, 6) is 0. The zero-order chi connectivity index (χ0) is 8.85. The van der Waals surface area contributed by atoms with Crippen LogP contribution in [0.5, 0.6) is 0 Å². The van der Waals surface area contributed by atoms with E-state index in [1.807, 2.05) is 45.9 Å². The van der Waals surface area contributed by atoms with Crippen LogP contribution in [-0.2, 0) is 0 Å². The zero-order valence-electron chi connectivity index (χ0n) is 7.61. The molecule has 1 heteroatoms. The van der Waals surface area contributed by atoms with Crippen LogP contribution in [0.25, 0.3) is 0 Å². The highest BCUT2D eigenvalue weighted by Gasteiger charge is 1.94. The second kappa shape index (κ2) is 5.20. The average Bonchev–Trinajstić information content (AvgIpc) is 2.04. The van der Waals surface area contributed by atoms with Gasteiger partial charge >= 0.3 is 0 Å². The van der Waals surface area contributed by atoms with Crippen molar-refractivity contribution in [2.24, 2.45) is 0 Å². The number of aryl methyl sites for hydroxylation is 2. The summed E-state index contributed by atoms with van der Waals surface area (Å²) in [7, 11) is 0. The third-order valence-electron chi connectivity index (χ3n) is 1.38. The Balaban J connectivity index is 0.000000461. The molecular formula is C10H15Cl. The minimum Gasteiger partial charge on any atom is -0.0838 e. The number of halogens is 1. The summed E-state index contributed by atoms with van der Waals surface area (Å²) in [5, 5.41) is 0.887. The zero-order valence-corrected chi connectivity index (χ0v) is 8.37. The highest BCUT2D eigenvalue weighted by Crippen LogP contribution is 2.18. The fraction of sp³-hybridized carbons (Fsp3) is 0.400. The van der Waals surface area contributed by atoms with Crippen LogP contribution in [0.4, 0.5) is 0 Å². The normalized spacial score (nSPS) is 8.45. The Morgan fingerprint density at radius 3 is 1.64 bits per heavy atom. The van der Waals surface area contributed by atoms with Crippen molar-refractivity contribution in [3.63, 3.8) is 0 Å². The molecule has 0 bridgehead atoms. The molecule has 1 aromatic carbocycles. The predicted octanol–water partition coefficient (Wildman–Crippen LogP) is 3.98. The number of benzene rings is 1. The molecule has 11 heavy (non-hydrogen) atoms. The van der Waals surface area contributed by atoms with E-state index in [9.17, 15) is 0 Å². The van der Waals surface area contributed by atoms with Crippen molar-refractivity contribution in [1.29, 1.82) is 0 Å². The quantitative estimate of drug-likeness (QED) is 0.553. The Hall–Kier alpha value is -0.490. The third kappa shape index (κ3) is 2.94. The van der Waals surface area contributed by atoms with Crippen molar-refractivity contribution in [2.45, 2.75) is 27.7 Å². The monoisotopic (exact) mass is 170 g/mol. The van der Waals surface area contributed by atoms with Crippen LogP contribution in [0.3, 0.4) is 0 Å². The SMILES string of the molecule is CC.Cc1cccc(C)c1Cl. The first-order valence-electron chi connectivity index (χ1n) is 3.93. The van der Waals surface area contributed by atoms with Gasteiger partial charge in [0.25, 0.3) is 0 Å². The highest BCUT2D eigenvalue weighted by atomic mass is 35.5. The van der Waals surface area contributed by atoms with Crippen molar-refractivity contribution >= 4 is 11.6 Å². The van der Waals surface area contributed by atoms with E-state index < -0.39 is 0 Å². The van der Waals surface area contributed by atoms with Gasteiger partial charge in [-0.1, -0.05) is 43.6 Å². The summed E-state index contributed by atoms with van der Waals surface area (Å²) in [6.45, 7) is 8.02. The molecule has 1 aromatic rings. The minimum absolute atomic E-state index is 0.887. The lowest BCUT2D eigenvalue weighted by Crippen LogP contribution is -1.77. The summed E-state index contributed by atoms with van der Waals surface area (Å²) in [4.78, 5) is 0. The van der Waals surface area contributed by atoms with Crippen LogP contribution in [0.1, 0.15) is 25.0 Å². The topological polar surface area (TPSA) is 0 Å². The first-order valence-corrected chi connectivity index (χ1v) is 4.31. The van der Waals surface area contributed by atoms with Gasteiger partial charge in [0, 0.05) is 5.02 Å². The first-order chi connectivity index (χ1) is 5.22. The van der Waals surface area contributed by atoms with Crippen molar-refractivity contribution < 1.29 is 0 Å². The molecular weight excluding hydrogens is 156 g/mol. The molecule has 0 amide bonds. The predicted molar refractivity (Wildman–Crippen MR) is 52.3 cm³/mol. The molecule has 0 spiro atoms. The van der Waals surface area contributed by atoms with Crippen LogP contribution >= 0.6 is 11.6 Å². The summed E-state index contributed by atoms with van der Waals surface area (Å²) in [6.07, 6.45) is 0. The van der Waals surface area contributed by atoms with Gasteiger partial charge in [-0.2, -0.15) is 0 Å². The van der Waals surface area contributed by atoms with E-state index in [-0.39, 0.29) is 0 Å². The summed E-state index contributed by atoms with van der Waals surface area (Å²) >= 11 is 5.88. The molecule has 0 aromatic heterocycles. The van der Waals surface area contributed by atoms with E-state index in [1.165, 1.54) is 0 Å². The van der Waals surface area contributed by atoms with Gasteiger partial charge in [-0.25, -0.2) is 0 Å². The molecule has 0 atom stereocenters. The van der Waals surface area contributed by atoms with Crippen molar-refractivity contribution in [3.05, 3.63) is 34.3 Å². The number of hydrogen-bond acceptors (Lipinski definition) is 0. The molecule has 62 valence electrons. The smallest absolute Gasteiger partial charge is 0.0464 e. The van der Waals surface area contributed by atoms with E-state index in [1.54, 1.807) is 0 Å². The molecule has 0 fully saturated rings. The van der Waals surface area contributed by atoms with Gasteiger partial charge in [-0.05, 0) is 25.0 Å². The molecule has 0 saturated carbocycles. The summed E-state index contributed by atoms with van der Waals surface area (Å²) < 4.78 is 0. The van der Waals surface area contributed by atoms with Gasteiger partial charge in [0.15, 0.2) is 0 Å². The Kier molecular flexibility index (Phi) is 4.97. The summed E-state index contributed by atoms with van der Waals surface area (Å²) in [6, 6.07) is 6.03. The second-order valence-electron chi connectivity index (χ2n) is 2.21. The van der Waals surface area contributed by atoms with Crippen LogP contribution in [0.15, 0.2) is 18.2 Å². The Labute approximate surface area is 74.2 Å². The molecule has 0 heterocycles. The second-order valence-corrected chi connectivity index (χ2v) is 2.58. The minimum atomic E-state index is 0.887. The number of rotatable bonds is 0. The molecule has 0 aliphatic heterocycles. The van der Waals surface area contributed by atoms with E-state index in [0.29, 0.717) is 0 Å². The van der Waals surface area contributed by atoms with Gasteiger partial charge in [0.2, 0.25) is 0 Å². The van der Waals surface area contributed by atoms with E-state index in [2.05, 4.69) is 0 Å². The van der Waals surface area contributed by atoms with Crippen molar-refractivity contribution in [3.8, 4) is 0 Å². The standard InChI is InChI=1S/C8H9Cl.C2H6/c1-6-4-3-5-7(2)8(6)9;1-2/h3-5H,1-2H3;1-2H3. The van der Waals surface area contributed by atoms with Crippen LogP contribution in [-0.4, -0.2) is 0 Å². The third-order valence-corrected chi connectivity index (χ3v) is 1.98. The molecule has 0 radical (unpaired) electrons. The lowest BCUT2D eigenvalue weighted by molar-refractivity contribution is 1.39. The summed E-state index contributed by atoms with van der Waals surface area (Å²) in [5.41, 5.74) is 2.30. The van der Waals surface area contributed by atoms with Gasteiger partial charge in [-0.3, -0.25) is 0 Å². The lowest BCUT2D eigenvalue weighted by Gasteiger charge is -1.98. The number of hydrogen-bond donors (Lipinski definition) is 0. The van der Waals surface area contributed by atoms with Crippen molar-refractivity contribution in [2.75, 3.05) is 0 Å². The average molecular weight is 171 g/mol. The molecule has 0 aliphatic carbocycles. The van der Waals surface area contributed by atoms with Crippen LogP contribution < -0.4 is 0 Å². The highest BCUT2D eigenvalue weighted by molar-refractivity contribution is 6.32. The maximum atomic E-state index is 5.88. The lowest BCUT2D eigenvalue weighted by atomic mass is 10.2. The molecule has 0 unspecified atom stereocenters. The first kappa shape index (κ1) is 10.5. The maximum absolute atomic E-state index is 5.88. The van der Waals surface area contributed by atoms with E-state index >= 15 is 0 Å². The van der Waals surface area contributed by atoms with Crippen LogP contribution in [0.2, 0.25) is 5.02 Å². The van der Waals surface area contributed by atoms with Gasteiger partial charge < -0.3 is 0 Å². The fourth-order valence-corrected chi connectivity index (χ4v) is 0.920. The largest absolute Gasteiger partial charge is 0.0838 e. The van der Waals surface area contributed by atoms with E-state index in [0.717, 1.165) is 16.1 Å². The van der Waals surface area contributed by atoms with Crippen LogP contribution in [0, 0.1) is 13.8 Å². The van der Waals surface area contributed by atoms with Gasteiger partial charge in [0.05, 0.1) is 0 Å². The van der Waals surface area contributed by atoms with Gasteiger partial charge in [0.1, 0.15) is 0 Å². The fourth-order valence-electron chi connectivity index (χ4n) is 0.794.